The number of carbonyl (C=O) groups is 2. The first-order chi connectivity index (χ1) is 8.22. The highest BCUT2D eigenvalue weighted by molar-refractivity contribution is 5.81. The van der Waals surface area contributed by atoms with Crippen molar-refractivity contribution in [1.82, 2.24) is 4.90 Å². The van der Waals surface area contributed by atoms with E-state index in [2.05, 4.69) is 0 Å². The van der Waals surface area contributed by atoms with Crippen molar-refractivity contribution in [2.45, 2.75) is 13.2 Å². The summed E-state index contributed by atoms with van der Waals surface area (Å²) < 4.78 is 9.99. The maximum Gasteiger partial charge on any atom is 0.413 e. The highest BCUT2D eigenvalue weighted by atomic mass is 16.6. The Morgan fingerprint density at radius 1 is 1.47 bits per heavy atom. The average molecular weight is 235 g/mol. The van der Waals surface area contributed by atoms with Gasteiger partial charge in [0.05, 0.1) is 6.61 Å². The second-order valence-electron chi connectivity index (χ2n) is 3.58. The molecule has 1 aromatic carbocycles. The summed E-state index contributed by atoms with van der Waals surface area (Å²) in [6.07, 6.45) is -1.21. The van der Waals surface area contributed by atoms with Gasteiger partial charge in [-0.1, -0.05) is 30.3 Å². The van der Waals surface area contributed by atoms with Gasteiger partial charge in [-0.05, 0) is 6.92 Å². The predicted molar refractivity (Wildman–Crippen MR) is 59.0 cm³/mol. The molecule has 90 valence electrons. The maximum atomic E-state index is 11.6. The van der Waals surface area contributed by atoms with Crippen LogP contribution in [0.1, 0.15) is 18.7 Å². The number of ether oxygens (including phenoxy) is 2. The van der Waals surface area contributed by atoms with Gasteiger partial charge in [-0.3, -0.25) is 9.69 Å². The number of benzene rings is 1. The van der Waals surface area contributed by atoms with Gasteiger partial charge in [0, 0.05) is 5.56 Å². The van der Waals surface area contributed by atoms with Crippen molar-refractivity contribution in [3.8, 4) is 0 Å². The van der Waals surface area contributed by atoms with Crippen molar-refractivity contribution in [2.24, 2.45) is 0 Å². The van der Waals surface area contributed by atoms with Gasteiger partial charge < -0.3 is 9.47 Å². The number of carbonyl (C=O) groups excluding carboxylic acids is 2. The fraction of sp³-hybridized carbons (Fsp3) is 0.333. The SMILES string of the molecule is CCOC(=O)N1CC(=O)OC1c1ccccc1. The number of nitrogens with zero attached hydrogens (tertiary/aromatic N) is 1. The quantitative estimate of drug-likeness (QED) is 0.732. The highest BCUT2D eigenvalue weighted by Crippen LogP contribution is 2.27. The van der Waals surface area contributed by atoms with E-state index >= 15 is 0 Å². The predicted octanol–water partition coefficient (Wildman–Crippen LogP) is 1.70. The Bertz CT molecular complexity index is 418. The zero-order valence-corrected chi connectivity index (χ0v) is 9.46. The lowest BCUT2D eigenvalue weighted by atomic mass is 10.2. The first kappa shape index (κ1) is 11.4. The number of cyclic esters (lactones) is 1. The van der Waals surface area contributed by atoms with E-state index in [0.29, 0.717) is 0 Å². The molecule has 1 aromatic rings. The molecule has 2 rings (SSSR count). The zero-order valence-electron chi connectivity index (χ0n) is 9.46. The summed E-state index contributed by atoms with van der Waals surface area (Å²) in [6.45, 7) is 1.91. The summed E-state index contributed by atoms with van der Waals surface area (Å²) >= 11 is 0. The van der Waals surface area contributed by atoms with Crippen LogP contribution in [-0.2, 0) is 14.3 Å². The lowest BCUT2D eigenvalue weighted by Crippen LogP contribution is -2.32. The number of hydrogen-bond donors (Lipinski definition) is 0. The van der Waals surface area contributed by atoms with Crippen molar-refractivity contribution in [1.29, 1.82) is 0 Å². The Hall–Kier alpha value is -2.04. The molecule has 1 aliphatic heterocycles. The van der Waals surface area contributed by atoms with Crippen LogP contribution >= 0.6 is 0 Å². The Morgan fingerprint density at radius 3 is 2.82 bits per heavy atom. The van der Waals surface area contributed by atoms with E-state index in [0.717, 1.165) is 5.56 Å². The highest BCUT2D eigenvalue weighted by Gasteiger charge is 2.37. The third-order valence-corrected chi connectivity index (χ3v) is 2.41. The molecule has 1 unspecified atom stereocenters. The van der Waals surface area contributed by atoms with Crippen molar-refractivity contribution >= 4 is 12.1 Å². The lowest BCUT2D eigenvalue weighted by molar-refractivity contribution is -0.141. The minimum atomic E-state index is -0.678. The molecule has 1 aliphatic rings. The van der Waals surface area contributed by atoms with Gasteiger partial charge in [-0.25, -0.2) is 4.79 Å². The Morgan fingerprint density at radius 2 is 2.18 bits per heavy atom. The van der Waals surface area contributed by atoms with Gasteiger partial charge in [-0.2, -0.15) is 0 Å². The normalized spacial score (nSPS) is 19.0. The van der Waals surface area contributed by atoms with Crippen LogP contribution < -0.4 is 0 Å². The molecule has 1 fully saturated rings. The van der Waals surface area contributed by atoms with Crippen LogP contribution in [-0.4, -0.2) is 30.1 Å². The molecule has 5 heteroatoms. The van der Waals surface area contributed by atoms with Gasteiger partial charge in [-0.15, -0.1) is 0 Å². The van der Waals surface area contributed by atoms with Crippen LogP contribution in [0.4, 0.5) is 4.79 Å². The summed E-state index contributed by atoms with van der Waals surface area (Å²) in [5, 5.41) is 0. The topological polar surface area (TPSA) is 55.8 Å². The molecule has 0 N–H and O–H groups in total. The molecule has 1 saturated heterocycles. The molecule has 0 aliphatic carbocycles. The van der Waals surface area contributed by atoms with Crippen molar-refractivity contribution in [3.63, 3.8) is 0 Å². The van der Waals surface area contributed by atoms with Crippen molar-refractivity contribution in [2.75, 3.05) is 13.2 Å². The third-order valence-electron chi connectivity index (χ3n) is 2.41. The Kier molecular flexibility index (Phi) is 3.27. The minimum absolute atomic E-state index is 0.0710. The summed E-state index contributed by atoms with van der Waals surface area (Å²) in [4.78, 5) is 24.2. The Labute approximate surface area is 98.9 Å². The summed E-state index contributed by atoms with van der Waals surface area (Å²) in [5.41, 5.74) is 0.756. The van der Waals surface area contributed by atoms with E-state index in [9.17, 15) is 9.59 Å². The lowest BCUT2D eigenvalue weighted by Gasteiger charge is -2.20. The maximum absolute atomic E-state index is 11.6. The number of rotatable bonds is 2. The molecule has 0 radical (unpaired) electrons. The molecule has 0 aromatic heterocycles. The van der Waals surface area contributed by atoms with E-state index in [-0.39, 0.29) is 13.2 Å². The summed E-state index contributed by atoms with van der Waals surface area (Å²) in [6, 6.07) is 9.11. The molecular formula is C12H13NO4. The van der Waals surface area contributed by atoms with Crippen LogP contribution in [0.3, 0.4) is 0 Å². The molecule has 0 bridgehead atoms. The molecule has 5 nitrogen and oxygen atoms in total. The largest absolute Gasteiger partial charge is 0.450 e. The van der Waals surface area contributed by atoms with E-state index in [1.54, 1.807) is 19.1 Å². The molecule has 0 spiro atoms. The van der Waals surface area contributed by atoms with Crippen LogP contribution in [0, 0.1) is 0 Å². The van der Waals surface area contributed by atoms with Crippen LogP contribution in [0.15, 0.2) is 30.3 Å². The number of esters is 1. The smallest absolute Gasteiger partial charge is 0.413 e. The van der Waals surface area contributed by atoms with E-state index in [1.165, 1.54) is 4.90 Å². The summed E-state index contributed by atoms with van der Waals surface area (Å²) in [7, 11) is 0. The summed E-state index contributed by atoms with van der Waals surface area (Å²) in [5.74, 6) is -0.424. The molecule has 17 heavy (non-hydrogen) atoms. The fourth-order valence-corrected chi connectivity index (χ4v) is 1.68. The second-order valence-corrected chi connectivity index (χ2v) is 3.58. The number of amides is 1. The Balaban J connectivity index is 2.20. The van der Waals surface area contributed by atoms with Gasteiger partial charge in [0.25, 0.3) is 0 Å². The fourth-order valence-electron chi connectivity index (χ4n) is 1.68. The molecule has 1 atom stereocenters. The van der Waals surface area contributed by atoms with Gasteiger partial charge >= 0.3 is 12.1 Å². The van der Waals surface area contributed by atoms with E-state index < -0.39 is 18.3 Å². The molecular weight excluding hydrogens is 222 g/mol. The van der Waals surface area contributed by atoms with Gasteiger partial charge in [0.1, 0.15) is 6.54 Å². The van der Waals surface area contributed by atoms with Crippen molar-refractivity contribution in [3.05, 3.63) is 35.9 Å². The van der Waals surface area contributed by atoms with Crippen LogP contribution in [0.5, 0.6) is 0 Å². The molecule has 1 amide bonds. The first-order valence-electron chi connectivity index (χ1n) is 5.40. The monoisotopic (exact) mass is 235 g/mol. The average Bonchev–Trinajstić information content (AvgIpc) is 2.73. The van der Waals surface area contributed by atoms with Gasteiger partial charge in [0.2, 0.25) is 6.23 Å². The van der Waals surface area contributed by atoms with E-state index in [1.807, 2.05) is 18.2 Å². The molecule has 1 heterocycles. The van der Waals surface area contributed by atoms with Crippen LogP contribution in [0.25, 0.3) is 0 Å². The third kappa shape index (κ3) is 2.38. The van der Waals surface area contributed by atoms with Gasteiger partial charge in [0.15, 0.2) is 0 Å². The number of hydrogen-bond acceptors (Lipinski definition) is 4. The second kappa shape index (κ2) is 4.86. The van der Waals surface area contributed by atoms with E-state index in [4.69, 9.17) is 9.47 Å². The standard InChI is InChI=1S/C12H13NO4/c1-2-16-12(15)13-8-10(14)17-11(13)9-6-4-3-5-7-9/h3-7,11H,2,8H2,1H3. The van der Waals surface area contributed by atoms with Crippen molar-refractivity contribution < 1.29 is 19.1 Å². The minimum Gasteiger partial charge on any atom is -0.450 e. The molecule has 0 saturated carbocycles. The first-order valence-corrected chi connectivity index (χ1v) is 5.40. The zero-order chi connectivity index (χ0) is 12.3. The van der Waals surface area contributed by atoms with Crippen LogP contribution in [0.2, 0.25) is 0 Å².